The van der Waals surface area contributed by atoms with Crippen LogP contribution in [-0.4, -0.2) is 6.21 Å². The lowest BCUT2D eigenvalue weighted by atomic mass is 10.0. The van der Waals surface area contributed by atoms with Crippen LogP contribution in [0.2, 0.25) is 0 Å². The van der Waals surface area contributed by atoms with Gasteiger partial charge in [-0.25, -0.2) is 0 Å². The van der Waals surface area contributed by atoms with Crippen LogP contribution in [0.3, 0.4) is 0 Å². The highest BCUT2D eigenvalue weighted by Crippen LogP contribution is 2.31. The molecule has 0 aliphatic rings. The molecule has 0 heterocycles. The number of nitrogens with zero attached hydrogens (tertiary/aromatic N) is 1. The van der Waals surface area contributed by atoms with Gasteiger partial charge in [0.15, 0.2) is 0 Å². The summed E-state index contributed by atoms with van der Waals surface area (Å²) in [5.74, 6) is 0. The molecule has 0 unspecified atom stereocenters. The second-order valence-electron chi connectivity index (χ2n) is 5.62. The second-order valence-corrected chi connectivity index (χ2v) is 5.62. The van der Waals surface area contributed by atoms with Gasteiger partial charge in [-0.3, -0.25) is 0 Å². The minimum absolute atomic E-state index is 0.0312. The Labute approximate surface area is 149 Å². The molecule has 2 nitrogen and oxygen atoms in total. The van der Waals surface area contributed by atoms with Gasteiger partial charge in [0.1, 0.15) is 6.61 Å². The topological polar surface area (TPSA) is 21.6 Å². The van der Waals surface area contributed by atoms with Crippen molar-refractivity contribution in [2.45, 2.75) is 12.8 Å². The van der Waals surface area contributed by atoms with Gasteiger partial charge in [0, 0.05) is 5.56 Å². The van der Waals surface area contributed by atoms with Crippen LogP contribution in [0.5, 0.6) is 0 Å². The quantitative estimate of drug-likeness (QED) is 0.411. The van der Waals surface area contributed by atoms with Gasteiger partial charge in [-0.05, 0) is 22.8 Å². The minimum Gasteiger partial charge on any atom is -0.391 e. The van der Waals surface area contributed by atoms with Gasteiger partial charge in [0.2, 0.25) is 0 Å². The van der Waals surface area contributed by atoms with E-state index in [-0.39, 0.29) is 12.2 Å². The summed E-state index contributed by atoms with van der Waals surface area (Å²) >= 11 is 0. The van der Waals surface area contributed by atoms with Crippen LogP contribution in [0.4, 0.5) is 13.2 Å². The van der Waals surface area contributed by atoms with Gasteiger partial charge in [-0.15, -0.1) is 0 Å². The number of halogens is 3. The van der Waals surface area contributed by atoms with Crippen molar-refractivity contribution in [1.29, 1.82) is 0 Å². The van der Waals surface area contributed by atoms with E-state index in [1.165, 1.54) is 18.2 Å². The number of hydrogen-bond donors (Lipinski definition) is 0. The average Bonchev–Trinajstić information content (AvgIpc) is 2.66. The normalized spacial score (nSPS) is 11.7. The van der Waals surface area contributed by atoms with E-state index in [9.17, 15) is 13.2 Å². The maximum atomic E-state index is 13.0. The molecule has 0 amide bonds. The van der Waals surface area contributed by atoms with Crippen LogP contribution in [0.15, 0.2) is 84.0 Å². The molecular weight excluding hydrogens is 339 g/mol. The Kier molecular flexibility index (Phi) is 5.37. The van der Waals surface area contributed by atoms with Crippen LogP contribution in [0.1, 0.15) is 16.7 Å². The van der Waals surface area contributed by atoms with E-state index in [1.54, 1.807) is 0 Å². The predicted octanol–water partition coefficient (Wildman–Crippen LogP) is 5.92. The molecule has 132 valence electrons. The Morgan fingerprint density at radius 2 is 1.46 bits per heavy atom. The van der Waals surface area contributed by atoms with Crippen LogP contribution in [0, 0.1) is 0 Å². The second kappa shape index (κ2) is 7.87. The lowest BCUT2D eigenvalue weighted by molar-refractivity contribution is -0.137. The number of rotatable bonds is 5. The molecule has 3 rings (SSSR count). The molecule has 5 heteroatoms. The summed E-state index contributed by atoms with van der Waals surface area (Å²) < 4.78 is 38.9. The first-order valence-corrected chi connectivity index (χ1v) is 8.00. The molecular formula is C21H16F3NO. The molecule has 0 saturated carbocycles. The van der Waals surface area contributed by atoms with Crippen molar-refractivity contribution >= 4 is 6.21 Å². The molecule has 0 aliphatic heterocycles. The van der Waals surface area contributed by atoms with E-state index in [4.69, 9.17) is 4.84 Å². The number of benzene rings is 3. The molecule has 26 heavy (non-hydrogen) atoms. The Morgan fingerprint density at radius 3 is 2.23 bits per heavy atom. The van der Waals surface area contributed by atoms with Gasteiger partial charge >= 0.3 is 6.18 Å². The molecule has 0 aromatic heterocycles. The molecule has 0 bridgehead atoms. The fourth-order valence-electron chi connectivity index (χ4n) is 2.61. The molecule has 0 saturated heterocycles. The first-order valence-electron chi connectivity index (χ1n) is 8.00. The Balaban J connectivity index is 1.73. The number of oxime groups is 1. The van der Waals surface area contributed by atoms with Gasteiger partial charge in [-0.1, -0.05) is 78.0 Å². The summed E-state index contributed by atoms with van der Waals surface area (Å²) in [6.45, 7) is 0.162. The third-order valence-electron chi connectivity index (χ3n) is 3.85. The maximum Gasteiger partial charge on any atom is 0.417 e. The zero-order valence-electron chi connectivity index (χ0n) is 13.8. The summed E-state index contributed by atoms with van der Waals surface area (Å²) in [4.78, 5) is 5.26. The van der Waals surface area contributed by atoms with E-state index < -0.39 is 11.7 Å². The van der Waals surface area contributed by atoms with E-state index in [0.717, 1.165) is 29.0 Å². The Hall–Kier alpha value is -3.08. The molecule has 0 fully saturated rings. The van der Waals surface area contributed by atoms with Crippen molar-refractivity contribution < 1.29 is 18.0 Å². The fourth-order valence-corrected chi connectivity index (χ4v) is 2.61. The monoisotopic (exact) mass is 355 g/mol. The summed E-state index contributed by atoms with van der Waals surface area (Å²) in [5.41, 5.74) is 2.17. The van der Waals surface area contributed by atoms with Gasteiger partial charge in [-0.2, -0.15) is 13.2 Å². The van der Waals surface area contributed by atoms with Crippen LogP contribution >= 0.6 is 0 Å². The van der Waals surface area contributed by atoms with Gasteiger partial charge in [0.25, 0.3) is 0 Å². The summed E-state index contributed by atoms with van der Waals surface area (Å²) in [6, 6.07) is 22.7. The highest BCUT2D eigenvalue weighted by atomic mass is 19.4. The van der Waals surface area contributed by atoms with Crippen LogP contribution in [-0.2, 0) is 17.6 Å². The Morgan fingerprint density at radius 1 is 0.808 bits per heavy atom. The largest absolute Gasteiger partial charge is 0.417 e. The molecule has 0 atom stereocenters. The first-order chi connectivity index (χ1) is 12.6. The van der Waals surface area contributed by atoms with Crippen molar-refractivity contribution in [2.75, 3.05) is 0 Å². The molecule has 3 aromatic rings. The fraction of sp³-hybridized carbons (Fsp3) is 0.0952. The zero-order valence-corrected chi connectivity index (χ0v) is 13.8. The summed E-state index contributed by atoms with van der Waals surface area (Å²) in [6.07, 6.45) is -3.34. The average molecular weight is 355 g/mol. The van der Waals surface area contributed by atoms with Gasteiger partial charge < -0.3 is 4.84 Å². The molecule has 0 radical (unpaired) electrons. The van der Waals surface area contributed by atoms with Gasteiger partial charge in [0.05, 0.1) is 11.8 Å². The number of hydrogen-bond acceptors (Lipinski definition) is 2. The van der Waals surface area contributed by atoms with Crippen molar-refractivity contribution in [3.05, 3.63) is 95.6 Å². The van der Waals surface area contributed by atoms with E-state index in [1.807, 2.05) is 54.6 Å². The molecule has 0 aliphatic carbocycles. The standard InChI is InChI=1S/C21H16F3NO/c22-21(23,24)20-13-7-5-10-17(20)14-25-26-15-18-11-4-6-12-19(18)16-8-2-1-3-9-16/h1-14H,15H2. The van der Waals surface area contributed by atoms with E-state index in [0.29, 0.717) is 0 Å². The molecule has 0 spiro atoms. The lowest BCUT2D eigenvalue weighted by Crippen LogP contribution is -2.08. The van der Waals surface area contributed by atoms with E-state index >= 15 is 0 Å². The molecule has 0 N–H and O–H groups in total. The van der Waals surface area contributed by atoms with Crippen LogP contribution < -0.4 is 0 Å². The maximum absolute atomic E-state index is 13.0. The van der Waals surface area contributed by atoms with Crippen LogP contribution in [0.25, 0.3) is 11.1 Å². The highest BCUT2D eigenvalue weighted by Gasteiger charge is 2.32. The summed E-state index contributed by atoms with van der Waals surface area (Å²) in [5, 5.41) is 3.72. The van der Waals surface area contributed by atoms with Crippen molar-refractivity contribution in [3.63, 3.8) is 0 Å². The first kappa shape index (κ1) is 17.7. The van der Waals surface area contributed by atoms with Crippen molar-refractivity contribution in [3.8, 4) is 11.1 Å². The third kappa shape index (κ3) is 4.30. The summed E-state index contributed by atoms with van der Waals surface area (Å²) in [7, 11) is 0. The van der Waals surface area contributed by atoms with Crippen molar-refractivity contribution in [2.24, 2.45) is 5.16 Å². The number of alkyl halides is 3. The smallest absolute Gasteiger partial charge is 0.391 e. The lowest BCUT2D eigenvalue weighted by Gasteiger charge is -2.10. The minimum atomic E-state index is -4.43. The SMILES string of the molecule is FC(F)(F)c1ccccc1C=NOCc1ccccc1-c1ccccc1. The third-order valence-corrected chi connectivity index (χ3v) is 3.85. The van der Waals surface area contributed by atoms with E-state index in [2.05, 4.69) is 5.16 Å². The highest BCUT2D eigenvalue weighted by molar-refractivity contribution is 5.81. The van der Waals surface area contributed by atoms with Crippen molar-refractivity contribution in [1.82, 2.24) is 0 Å². The zero-order chi connectivity index (χ0) is 18.4. The Bertz CT molecular complexity index is 889. The molecule has 3 aromatic carbocycles. The predicted molar refractivity (Wildman–Crippen MR) is 95.7 cm³/mol.